The minimum Gasteiger partial charge on any atom is -0.0622 e. The maximum Gasteiger partial charge on any atom is -0.0183 e. The van der Waals surface area contributed by atoms with Crippen molar-refractivity contribution in [3.63, 3.8) is 0 Å². The molecule has 1 aromatic rings. The number of hydrogen-bond acceptors (Lipinski definition) is 0. The van der Waals surface area contributed by atoms with E-state index in [2.05, 4.69) is 28.1 Å². The Kier molecular flexibility index (Phi) is 2.52. The Hall–Kier alpha value is -0.560. The third-order valence-electron chi connectivity index (χ3n) is 1.06. The topological polar surface area (TPSA) is 0 Å². The van der Waals surface area contributed by atoms with E-state index in [0.717, 1.165) is 0 Å². The number of halogens is 1. The lowest BCUT2D eigenvalue weighted by Crippen LogP contribution is -1.64. The van der Waals surface area contributed by atoms with E-state index in [9.17, 15) is 0 Å². The van der Waals surface area contributed by atoms with Crippen LogP contribution in [0.3, 0.4) is 0 Å². The highest BCUT2D eigenvalue weighted by molar-refractivity contribution is 9.11. The van der Waals surface area contributed by atoms with E-state index in [1.54, 1.807) is 0 Å². The Balaban J connectivity index is 2.85. The first-order chi connectivity index (χ1) is 4.43. The fraction of sp³-hybridized carbons (Fsp3) is 0. The Morgan fingerprint density at radius 2 is 1.78 bits per heavy atom. The van der Waals surface area contributed by atoms with Gasteiger partial charge in [-0.15, -0.1) is 0 Å². The Bertz CT molecular complexity index is 189. The molecule has 0 saturated heterocycles. The maximum absolute atomic E-state index is 3.21. The molecule has 0 bridgehead atoms. The predicted molar refractivity (Wildman–Crippen MR) is 44.4 cm³/mol. The molecule has 0 heterocycles. The third kappa shape index (κ3) is 2.02. The molecule has 0 aliphatic rings. The zero-order valence-corrected chi connectivity index (χ0v) is 6.51. The highest BCUT2D eigenvalue weighted by atomic mass is 75.9. The lowest BCUT2D eigenvalue weighted by molar-refractivity contribution is 1.67. The molecule has 0 unspecified atom stereocenters. The minimum absolute atomic E-state index is 1.22. The van der Waals surface area contributed by atoms with Crippen LogP contribution in [0.15, 0.2) is 35.3 Å². The van der Waals surface area contributed by atoms with Crippen molar-refractivity contribution in [1.82, 2.24) is 0 Å². The number of rotatable bonds is 1. The van der Waals surface area contributed by atoms with E-state index >= 15 is 0 Å². The van der Waals surface area contributed by atoms with Crippen molar-refractivity contribution < 1.29 is 0 Å². The quantitative estimate of drug-likeness (QED) is 0.621. The van der Waals surface area contributed by atoms with Gasteiger partial charge >= 0.3 is 0 Å². The van der Waals surface area contributed by atoms with Gasteiger partial charge in [-0.1, -0.05) is 46.3 Å². The van der Waals surface area contributed by atoms with Crippen molar-refractivity contribution in [3.8, 4) is 0 Å². The summed E-state index contributed by atoms with van der Waals surface area (Å²) in [6, 6.07) is 10.1. The Labute approximate surface area is 63.3 Å². The highest BCUT2D eigenvalue weighted by Crippen LogP contribution is 2.01. The van der Waals surface area contributed by atoms with Crippen molar-refractivity contribution in [2.75, 3.05) is 0 Å². The molecular formula is C8H7Br. The maximum atomic E-state index is 3.21. The van der Waals surface area contributed by atoms with Gasteiger partial charge in [-0.2, -0.15) is 0 Å². The average Bonchev–Trinajstić information content (AvgIpc) is 1.91. The SMILES string of the molecule is [76Br]/C=C/c1ccccc1. The summed E-state index contributed by atoms with van der Waals surface area (Å²) in [6.45, 7) is 0. The number of benzene rings is 1. The molecule has 1 rings (SSSR count). The van der Waals surface area contributed by atoms with Gasteiger partial charge in [0.15, 0.2) is 0 Å². The molecule has 0 atom stereocenters. The van der Waals surface area contributed by atoms with Gasteiger partial charge in [-0.3, -0.25) is 0 Å². The second-order valence-corrected chi connectivity index (χ2v) is 2.23. The molecule has 0 fully saturated rings. The van der Waals surface area contributed by atoms with Crippen LogP contribution >= 0.6 is 15.9 Å². The molecule has 0 N–H and O–H groups in total. The molecule has 0 aliphatic heterocycles. The van der Waals surface area contributed by atoms with Gasteiger partial charge in [0.1, 0.15) is 0 Å². The van der Waals surface area contributed by atoms with Crippen LogP contribution < -0.4 is 0 Å². The molecular weight excluding hydrogens is 172 g/mol. The van der Waals surface area contributed by atoms with E-state index in [1.807, 2.05) is 29.3 Å². The molecule has 9 heavy (non-hydrogen) atoms. The van der Waals surface area contributed by atoms with Gasteiger partial charge in [-0.05, 0) is 16.6 Å². The van der Waals surface area contributed by atoms with E-state index < -0.39 is 0 Å². The van der Waals surface area contributed by atoms with Crippen molar-refractivity contribution in [1.29, 1.82) is 0 Å². The van der Waals surface area contributed by atoms with Gasteiger partial charge in [-0.25, -0.2) is 0 Å². The van der Waals surface area contributed by atoms with Crippen LogP contribution in [0, 0.1) is 0 Å². The minimum atomic E-state index is 1.22. The first-order valence-electron chi connectivity index (χ1n) is 2.75. The van der Waals surface area contributed by atoms with Gasteiger partial charge in [0, 0.05) is 0 Å². The summed E-state index contributed by atoms with van der Waals surface area (Å²) in [5.74, 6) is 0. The molecule has 0 radical (unpaired) electrons. The van der Waals surface area contributed by atoms with Crippen LogP contribution in [-0.4, -0.2) is 0 Å². The summed E-state index contributed by atoms with van der Waals surface area (Å²) in [6.07, 6.45) is 2.00. The molecule has 0 saturated carbocycles. The standard InChI is InChI=1S/C8H7Br/c9-7-6-8-4-2-1-3-5-8/h1-7H/b7-6+/i9-4. The van der Waals surface area contributed by atoms with E-state index in [-0.39, 0.29) is 0 Å². The zero-order chi connectivity index (χ0) is 6.53. The van der Waals surface area contributed by atoms with Crippen LogP contribution in [0.5, 0.6) is 0 Å². The van der Waals surface area contributed by atoms with Crippen LogP contribution in [0.25, 0.3) is 6.08 Å². The first-order valence-corrected chi connectivity index (χ1v) is 3.67. The van der Waals surface area contributed by atoms with Crippen molar-refractivity contribution in [3.05, 3.63) is 40.9 Å². The normalized spacial score (nSPS) is 10.3. The average molecular weight is 179 g/mol. The van der Waals surface area contributed by atoms with Crippen LogP contribution in [0.4, 0.5) is 0 Å². The summed E-state index contributed by atoms with van der Waals surface area (Å²) in [7, 11) is 0. The highest BCUT2D eigenvalue weighted by Gasteiger charge is 1.78. The lowest BCUT2D eigenvalue weighted by atomic mass is 10.2. The molecule has 0 amide bonds. The summed E-state index contributed by atoms with van der Waals surface area (Å²) >= 11 is 3.21. The fourth-order valence-corrected chi connectivity index (χ4v) is 0.942. The van der Waals surface area contributed by atoms with Crippen LogP contribution in [-0.2, 0) is 0 Å². The molecule has 0 aromatic heterocycles. The second-order valence-electron chi connectivity index (χ2n) is 1.70. The summed E-state index contributed by atoms with van der Waals surface area (Å²) in [5.41, 5.74) is 1.22. The summed E-state index contributed by atoms with van der Waals surface area (Å²) in [5, 5.41) is 0. The molecule has 0 aliphatic carbocycles. The van der Waals surface area contributed by atoms with Gasteiger partial charge in [0.25, 0.3) is 0 Å². The van der Waals surface area contributed by atoms with E-state index in [4.69, 9.17) is 0 Å². The summed E-state index contributed by atoms with van der Waals surface area (Å²) < 4.78 is 0. The first kappa shape index (κ1) is 6.56. The van der Waals surface area contributed by atoms with Gasteiger partial charge in [0.2, 0.25) is 0 Å². The van der Waals surface area contributed by atoms with Crippen LogP contribution in [0.2, 0.25) is 0 Å². The molecule has 0 spiro atoms. The Morgan fingerprint density at radius 3 is 2.33 bits per heavy atom. The Morgan fingerprint density at radius 1 is 1.11 bits per heavy atom. The summed E-state index contributed by atoms with van der Waals surface area (Å²) in [4.78, 5) is 1.85. The third-order valence-corrected chi connectivity index (χ3v) is 1.32. The molecule has 46 valence electrons. The molecule has 0 nitrogen and oxygen atoms in total. The van der Waals surface area contributed by atoms with Crippen molar-refractivity contribution >= 4 is 22.0 Å². The smallest absolute Gasteiger partial charge is 0.0183 e. The van der Waals surface area contributed by atoms with Crippen molar-refractivity contribution in [2.45, 2.75) is 0 Å². The van der Waals surface area contributed by atoms with Gasteiger partial charge < -0.3 is 0 Å². The largest absolute Gasteiger partial charge is 0.0622 e. The monoisotopic (exact) mass is 179 g/mol. The second kappa shape index (κ2) is 3.46. The fourth-order valence-electron chi connectivity index (χ4n) is 0.637. The zero-order valence-electron chi connectivity index (χ0n) is 4.92. The number of hydrogen-bond donors (Lipinski definition) is 0. The van der Waals surface area contributed by atoms with E-state index in [1.165, 1.54) is 5.56 Å². The predicted octanol–water partition coefficient (Wildman–Crippen LogP) is 3.05. The lowest BCUT2D eigenvalue weighted by Gasteiger charge is -1.86. The van der Waals surface area contributed by atoms with E-state index in [0.29, 0.717) is 0 Å². The van der Waals surface area contributed by atoms with Crippen LogP contribution in [0.1, 0.15) is 5.56 Å². The van der Waals surface area contributed by atoms with Crippen molar-refractivity contribution in [2.24, 2.45) is 0 Å². The van der Waals surface area contributed by atoms with Gasteiger partial charge in [0.05, 0.1) is 0 Å². The molecule has 1 aromatic carbocycles. The molecule has 1 heteroatoms.